The largest absolute Gasteiger partial charge is 0.492 e. The normalized spacial score (nSPS) is 10.3. The predicted octanol–water partition coefficient (Wildman–Crippen LogP) is 5.67. The summed E-state index contributed by atoms with van der Waals surface area (Å²) >= 11 is 8.71. The Balaban J connectivity index is 1.86. The number of halogens is 1. The summed E-state index contributed by atoms with van der Waals surface area (Å²) in [5.41, 5.74) is 1.70. The van der Waals surface area contributed by atoms with E-state index >= 15 is 0 Å². The van der Waals surface area contributed by atoms with Gasteiger partial charge >= 0.3 is 0 Å². The van der Waals surface area contributed by atoms with Crippen molar-refractivity contribution in [1.29, 1.82) is 0 Å². The van der Waals surface area contributed by atoms with E-state index in [4.69, 9.17) is 17.0 Å². The topological polar surface area (TPSA) is 79.5 Å². The molecule has 0 aliphatic rings. The van der Waals surface area contributed by atoms with E-state index < -0.39 is 0 Å². The van der Waals surface area contributed by atoms with E-state index in [-0.39, 0.29) is 16.9 Å². The standard InChI is InChI=1S/C24H30BrN3O3S/c1-3-5-6-7-15-31-21-13-10-18(16-20(21)25)23(30)28-24(32)27-19-11-8-17(9-12-19)22(29)26-14-4-2/h8-13,16H,3-7,14-15H2,1-2H3,(H,26,29)(H2,27,28,30,32). The third-order valence-corrected chi connectivity index (χ3v) is 5.44. The van der Waals surface area contributed by atoms with Crippen LogP contribution in [-0.2, 0) is 0 Å². The number of thiocarbonyl (C=S) groups is 1. The van der Waals surface area contributed by atoms with E-state index in [2.05, 4.69) is 38.8 Å². The Labute approximate surface area is 203 Å². The van der Waals surface area contributed by atoms with E-state index in [0.29, 0.717) is 35.7 Å². The van der Waals surface area contributed by atoms with Crippen molar-refractivity contribution in [2.45, 2.75) is 46.0 Å². The van der Waals surface area contributed by atoms with Gasteiger partial charge in [0.15, 0.2) is 5.11 Å². The quantitative estimate of drug-likeness (QED) is 0.263. The van der Waals surface area contributed by atoms with Gasteiger partial charge in [0.2, 0.25) is 0 Å². The molecule has 2 aromatic rings. The van der Waals surface area contributed by atoms with Crippen LogP contribution in [0, 0.1) is 0 Å². The zero-order valence-electron chi connectivity index (χ0n) is 18.5. The minimum atomic E-state index is -0.326. The molecule has 0 aliphatic carbocycles. The summed E-state index contributed by atoms with van der Waals surface area (Å²) in [4.78, 5) is 24.5. The van der Waals surface area contributed by atoms with Gasteiger partial charge in [0.25, 0.3) is 11.8 Å². The molecule has 0 saturated carbocycles. The molecular weight excluding hydrogens is 490 g/mol. The number of carbonyl (C=O) groups excluding carboxylic acids is 2. The second-order valence-electron chi connectivity index (χ2n) is 7.30. The molecule has 0 bridgehead atoms. The summed E-state index contributed by atoms with van der Waals surface area (Å²) in [6, 6.07) is 12.1. The molecule has 0 saturated heterocycles. The molecule has 0 fully saturated rings. The Morgan fingerprint density at radius 1 is 0.938 bits per heavy atom. The summed E-state index contributed by atoms with van der Waals surface area (Å²) in [5.74, 6) is 0.267. The molecule has 32 heavy (non-hydrogen) atoms. The highest BCUT2D eigenvalue weighted by molar-refractivity contribution is 9.10. The first-order valence-corrected chi connectivity index (χ1v) is 12.1. The molecule has 0 aromatic heterocycles. The van der Waals surface area contributed by atoms with Crippen LogP contribution in [0.2, 0.25) is 0 Å². The van der Waals surface area contributed by atoms with Gasteiger partial charge in [-0.15, -0.1) is 0 Å². The van der Waals surface area contributed by atoms with Crippen LogP contribution in [0.4, 0.5) is 5.69 Å². The number of unbranched alkanes of at least 4 members (excludes halogenated alkanes) is 3. The minimum Gasteiger partial charge on any atom is -0.492 e. The third kappa shape index (κ3) is 8.59. The summed E-state index contributed by atoms with van der Waals surface area (Å²) < 4.78 is 6.50. The fourth-order valence-electron chi connectivity index (χ4n) is 2.85. The fourth-order valence-corrected chi connectivity index (χ4v) is 3.56. The Morgan fingerprint density at radius 3 is 2.31 bits per heavy atom. The summed E-state index contributed by atoms with van der Waals surface area (Å²) in [5, 5.41) is 8.61. The van der Waals surface area contributed by atoms with Gasteiger partial charge in [-0.25, -0.2) is 0 Å². The lowest BCUT2D eigenvalue weighted by Gasteiger charge is -2.12. The van der Waals surface area contributed by atoms with Gasteiger partial charge in [0.1, 0.15) is 5.75 Å². The lowest BCUT2D eigenvalue weighted by Crippen LogP contribution is -2.34. The fraction of sp³-hybridized carbons (Fsp3) is 0.375. The van der Waals surface area contributed by atoms with Crippen molar-refractivity contribution in [2.75, 3.05) is 18.5 Å². The van der Waals surface area contributed by atoms with Crippen LogP contribution < -0.4 is 20.7 Å². The number of anilines is 1. The third-order valence-electron chi connectivity index (χ3n) is 4.62. The van der Waals surface area contributed by atoms with E-state index in [0.717, 1.165) is 23.7 Å². The highest BCUT2D eigenvalue weighted by Gasteiger charge is 2.12. The molecule has 3 N–H and O–H groups in total. The lowest BCUT2D eigenvalue weighted by molar-refractivity contribution is 0.0951. The Hall–Kier alpha value is -2.45. The van der Waals surface area contributed by atoms with Crippen molar-refractivity contribution in [3.63, 3.8) is 0 Å². The zero-order valence-corrected chi connectivity index (χ0v) is 20.9. The van der Waals surface area contributed by atoms with Crippen LogP contribution in [0.5, 0.6) is 5.75 Å². The van der Waals surface area contributed by atoms with Crippen LogP contribution in [0.3, 0.4) is 0 Å². The smallest absolute Gasteiger partial charge is 0.257 e. The second kappa shape index (κ2) is 13.9. The molecule has 2 aromatic carbocycles. The predicted molar refractivity (Wildman–Crippen MR) is 137 cm³/mol. The summed E-state index contributed by atoms with van der Waals surface area (Å²) in [6.07, 6.45) is 5.42. The second-order valence-corrected chi connectivity index (χ2v) is 8.56. The molecule has 0 atom stereocenters. The van der Waals surface area contributed by atoms with Crippen LogP contribution in [0.1, 0.15) is 66.7 Å². The van der Waals surface area contributed by atoms with Crippen LogP contribution >= 0.6 is 28.1 Å². The maximum Gasteiger partial charge on any atom is 0.257 e. The maximum atomic E-state index is 12.5. The average Bonchev–Trinajstić information content (AvgIpc) is 2.78. The first-order valence-electron chi connectivity index (χ1n) is 10.9. The van der Waals surface area contributed by atoms with Crippen molar-refractivity contribution in [3.8, 4) is 5.75 Å². The van der Waals surface area contributed by atoms with E-state index in [1.807, 2.05) is 6.92 Å². The van der Waals surface area contributed by atoms with Crippen molar-refractivity contribution in [1.82, 2.24) is 10.6 Å². The molecule has 0 spiro atoms. The van der Waals surface area contributed by atoms with Gasteiger partial charge < -0.3 is 15.4 Å². The monoisotopic (exact) mass is 519 g/mol. The van der Waals surface area contributed by atoms with Crippen molar-refractivity contribution < 1.29 is 14.3 Å². The number of nitrogens with one attached hydrogen (secondary N) is 3. The number of amides is 2. The van der Waals surface area contributed by atoms with Gasteiger partial charge in [-0.3, -0.25) is 14.9 Å². The van der Waals surface area contributed by atoms with E-state index in [9.17, 15) is 9.59 Å². The average molecular weight is 520 g/mol. The van der Waals surface area contributed by atoms with Crippen LogP contribution in [0.25, 0.3) is 0 Å². The number of ether oxygens (including phenoxy) is 1. The van der Waals surface area contributed by atoms with Crippen LogP contribution in [-0.4, -0.2) is 30.1 Å². The summed E-state index contributed by atoms with van der Waals surface area (Å²) in [6.45, 7) is 5.46. The number of hydrogen-bond acceptors (Lipinski definition) is 4. The molecule has 6 nitrogen and oxygen atoms in total. The lowest BCUT2D eigenvalue weighted by atomic mass is 10.2. The molecule has 2 rings (SSSR count). The SMILES string of the molecule is CCCCCCOc1ccc(C(=O)NC(=S)Nc2ccc(C(=O)NCCC)cc2)cc1Br. The Bertz CT molecular complexity index is 919. The molecular formula is C24H30BrN3O3S. The van der Waals surface area contributed by atoms with Crippen molar-refractivity contribution in [3.05, 3.63) is 58.1 Å². The number of rotatable bonds is 11. The summed E-state index contributed by atoms with van der Waals surface area (Å²) in [7, 11) is 0. The Morgan fingerprint density at radius 2 is 1.66 bits per heavy atom. The first kappa shape index (κ1) is 25.8. The highest BCUT2D eigenvalue weighted by atomic mass is 79.9. The van der Waals surface area contributed by atoms with E-state index in [1.165, 1.54) is 12.8 Å². The van der Waals surface area contributed by atoms with Gasteiger partial charge in [-0.05, 0) is 83.5 Å². The van der Waals surface area contributed by atoms with Gasteiger partial charge in [0, 0.05) is 23.4 Å². The van der Waals surface area contributed by atoms with Crippen molar-refractivity contribution in [2.24, 2.45) is 0 Å². The van der Waals surface area contributed by atoms with Crippen LogP contribution in [0.15, 0.2) is 46.9 Å². The Kier molecular flexibility index (Phi) is 11.2. The van der Waals surface area contributed by atoms with Gasteiger partial charge in [-0.2, -0.15) is 0 Å². The van der Waals surface area contributed by atoms with E-state index in [1.54, 1.807) is 42.5 Å². The maximum absolute atomic E-state index is 12.5. The molecule has 0 radical (unpaired) electrons. The van der Waals surface area contributed by atoms with Gasteiger partial charge in [0.05, 0.1) is 11.1 Å². The number of hydrogen-bond donors (Lipinski definition) is 3. The van der Waals surface area contributed by atoms with Gasteiger partial charge in [-0.1, -0.05) is 33.1 Å². The highest BCUT2D eigenvalue weighted by Crippen LogP contribution is 2.26. The molecule has 8 heteroatoms. The number of carbonyl (C=O) groups is 2. The molecule has 0 aliphatic heterocycles. The van der Waals surface area contributed by atoms with Crippen molar-refractivity contribution >= 4 is 50.8 Å². The minimum absolute atomic E-state index is 0.117. The first-order chi connectivity index (χ1) is 15.4. The molecule has 0 unspecified atom stereocenters. The molecule has 0 heterocycles. The molecule has 2 amide bonds. The number of benzene rings is 2. The zero-order chi connectivity index (χ0) is 23.3. The molecule has 172 valence electrons.